The molecule has 3 aliphatic rings. The molecule has 0 amide bonds. The molecule has 0 aromatic carbocycles. The van der Waals surface area contributed by atoms with Crippen molar-refractivity contribution in [3.05, 3.63) is 22.9 Å². The zero-order chi connectivity index (χ0) is 14.9. The van der Waals surface area contributed by atoms with E-state index in [0.29, 0.717) is 0 Å². The Balaban J connectivity index is 0. The van der Waals surface area contributed by atoms with E-state index in [4.69, 9.17) is 0 Å². The molecule has 3 heterocycles. The molecule has 7 heteroatoms. The number of piperidine rings is 2. The molecule has 3 rings (SSSR count). The van der Waals surface area contributed by atoms with Gasteiger partial charge < -0.3 is 28.3 Å². The van der Waals surface area contributed by atoms with Crippen molar-refractivity contribution in [1.29, 1.82) is 0 Å². The van der Waals surface area contributed by atoms with E-state index in [2.05, 4.69) is 27.7 Å². The molecule has 0 aliphatic carbocycles. The Kier molecular flexibility index (Phi) is 18.2. The maximum absolute atomic E-state index is 4.52. The standard InChI is InChI=1S/C14H25N2S.C3H8N.Ag.2H2N/c1-6-15-7-2-11(1)13-5-10-17-14(13)12-3-8-16-9-4-12;1-3-4-2;;;/h11-15H,1-10H2;3H2,1-2H3;;2*1H2/q2*-1;;2*-1. The van der Waals surface area contributed by atoms with Gasteiger partial charge in [-0.2, -0.15) is 25.4 Å². The first-order chi connectivity index (χ1) is 10.4. The van der Waals surface area contributed by atoms with Crippen LogP contribution in [0, 0.1) is 17.8 Å². The molecule has 1 radical (unpaired) electrons. The number of thioether (sulfide) groups is 1. The summed E-state index contributed by atoms with van der Waals surface area (Å²) in [5.41, 5.74) is 0. The van der Waals surface area contributed by atoms with Crippen molar-refractivity contribution >= 4 is 11.8 Å². The molecule has 3 aliphatic heterocycles. The number of rotatable bonds is 3. The summed E-state index contributed by atoms with van der Waals surface area (Å²) in [5.74, 6) is 4.47. The number of hydrogen-bond acceptors (Lipinski definition) is 2. The molecular formula is C17H37AgN5S-4. The number of nitrogens with two attached hydrogens (primary N) is 2. The average molecular weight is 451 g/mol. The van der Waals surface area contributed by atoms with Gasteiger partial charge in [0.1, 0.15) is 0 Å². The van der Waals surface area contributed by atoms with Crippen molar-refractivity contribution in [2.45, 2.75) is 44.3 Å². The normalized spacial score (nSPS) is 27.8. The molecule has 0 bridgehead atoms. The zero-order valence-corrected chi connectivity index (χ0v) is 17.6. The predicted molar refractivity (Wildman–Crippen MR) is 106 cm³/mol. The van der Waals surface area contributed by atoms with Crippen molar-refractivity contribution in [1.82, 2.24) is 5.32 Å². The summed E-state index contributed by atoms with van der Waals surface area (Å²) in [5, 5.41) is 12.7. The van der Waals surface area contributed by atoms with Gasteiger partial charge in [0.2, 0.25) is 0 Å². The molecule has 3 saturated heterocycles. The van der Waals surface area contributed by atoms with Gasteiger partial charge in [0.25, 0.3) is 0 Å². The molecule has 0 spiro atoms. The molecule has 0 aromatic rings. The van der Waals surface area contributed by atoms with Crippen molar-refractivity contribution in [2.24, 2.45) is 17.8 Å². The first-order valence-corrected chi connectivity index (χ1v) is 9.92. The Morgan fingerprint density at radius 3 is 2.12 bits per heavy atom. The second kappa shape index (κ2) is 16.1. The van der Waals surface area contributed by atoms with Gasteiger partial charge >= 0.3 is 0 Å². The van der Waals surface area contributed by atoms with E-state index < -0.39 is 0 Å². The van der Waals surface area contributed by atoms with Crippen LogP contribution in [0.15, 0.2) is 0 Å². The van der Waals surface area contributed by atoms with E-state index in [1.807, 2.05) is 6.92 Å². The van der Waals surface area contributed by atoms with E-state index in [9.17, 15) is 0 Å². The number of nitrogens with one attached hydrogen (secondary N) is 1. The molecule has 5 N–H and O–H groups in total. The summed E-state index contributed by atoms with van der Waals surface area (Å²) in [6.45, 7) is 7.76. The molecule has 0 aromatic heterocycles. The van der Waals surface area contributed by atoms with Crippen LogP contribution >= 0.6 is 11.8 Å². The van der Waals surface area contributed by atoms with Crippen molar-refractivity contribution in [3.63, 3.8) is 0 Å². The van der Waals surface area contributed by atoms with E-state index in [0.717, 1.165) is 42.6 Å². The Morgan fingerprint density at radius 2 is 1.58 bits per heavy atom. The summed E-state index contributed by atoms with van der Waals surface area (Å²) in [7, 11) is 1.81. The summed E-state index contributed by atoms with van der Waals surface area (Å²) in [4.78, 5) is 0. The fourth-order valence-electron chi connectivity index (χ4n) is 3.99. The molecular weight excluding hydrogens is 414 g/mol. The van der Waals surface area contributed by atoms with Gasteiger partial charge in [-0.05, 0) is 55.9 Å². The summed E-state index contributed by atoms with van der Waals surface area (Å²) < 4.78 is 0. The molecule has 0 saturated carbocycles. The van der Waals surface area contributed by atoms with Gasteiger partial charge in [-0.3, -0.25) is 0 Å². The predicted octanol–water partition coefficient (Wildman–Crippen LogP) is 5.33. The Hall–Kier alpha value is 0.890. The molecule has 151 valence electrons. The summed E-state index contributed by atoms with van der Waals surface area (Å²) in [6, 6.07) is 0. The fraction of sp³-hybridized carbons (Fsp3) is 1.00. The minimum Gasteiger partial charge on any atom is -0.693 e. The third kappa shape index (κ3) is 8.52. The van der Waals surface area contributed by atoms with E-state index in [-0.39, 0.29) is 34.7 Å². The average Bonchev–Trinajstić information content (AvgIpc) is 3.06. The van der Waals surface area contributed by atoms with Crippen LogP contribution < -0.4 is 5.32 Å². The fourth-order valence-corrected chi connectivity index (χ4v) is 5.82. The SMILES string of the molecule is C1CC(C2SCCC2C2CCNCC2)CC[N-]1.CC[N-]C.[Ag].[NH2-].[NH2-]. The van der Waals surface area contributed by atoms with Crippen LogP contribution in [0.5, 0.6) is 0 Å². The smallest absolute Gasteiger partial charge is 0.0105 e. The molecule has 2 unspecified atom stereocenters. The second-order valence-corrected chi connectivity index (χ2v) is 7.80. The maximum Gasteiger partial charge on any atom is 0.0105 e. The molecule has 5 nitrogen and oxygen atoms in total. The largest absolute Gasteiger partial charge is 0.693 e. The monoisotopic (exact) mass is 450 g/mol. The van der Waals surface area contributed by atoms with Gasteiger partial charge in [0, 0.05) is 27.6 Å². The third-order valence-electron chi connectivity index (χ3n) is 5.27. The van der Waals surface area contributed by atoms with Crippen LogP contribution in [0.4, 0.5) is 0 Å². The van der Waals surface area contributed by atoms with Crippen LogP contribution in [0.1, 0.15) is 39.0 Å². The maximum atomic E-state index is 4.52. The summed E-state index contributed by atoms with van der Waals surface area (Å²) >= 11 is 2.29. The molecule has 24 heavy (non-hydrogen) atoms. The van der Waals surface area contributed by atoms with Crippen LogP contribution in [0.3, 0.4) is 0 Å². The Bertz CT molecular complexity index is 248. The van der Waals surface area contributed by atoms with Gasteiger partial charge in [-0.15, -0.1) is 13.1 Å². The molecule has 2 atom stereocenters. The Morgan fingerprint density at radius 1 is 1.00 bits per heavy atom. The Labute approximate surface area is 169 Å². The van der Waals surface area contributed by atoms with Gasteiger partial charge in [-0.25, -0.2) is 0 Å². The van der Waals surface area contributed by atoms with E-state index in [1.54, 1.807) is 7.05 Å². The first-order valence-electron chi connectivity index (χ1n) is 8.88. The van der Waals surface area contributed by atoms with E-state index >= 15 is 0 Å². The number of hydrogen-bond donors (Lipinski definition) is 1. The van der Waals surface area contributed by atoms with Crippen molar-refractivity contribution < 1.29 is 22.4 Å². The number of nitrogens with zero attached hydrogens (tertiary/aromatic N) is 2. The van der Waals surface area contributed by atoms with Crippen LogP contribution in [-0.2, 0) is 22.4 Å². The quantitative estimate of drug-likeness (QED) is 0.585. The second-order valence-electron chi connectivity index (χ2n) is 6.52. The van der Waals surface area contributed by atoms with Gasteiger partial charge in [0.05, 0.1) is 0 Å². The van der Waals surface area contributed by atoms with E-state index in [1.165, 1.54) is 50.9 Å². The minimum absolute atomic E-state index is 0. The topological polar surface area (TPSA) is 107 Å². The van der Waals surface area contributed by atoms with Crippen molar-refractivity contribution in [2.75, 3.05) is 45.5 Å². The van der Waals surface area contributed by atoms with Crippen molar-refractivity contribution in [3.8, 4) is 0 Å². The minimum atomic E-state index is 0. The molecule has 3 fully saturated rings. The van der Waals surface area contributed by atoms with Crippen LogP contribution in [0.2, 0.25) is 0 Å². The van der Waals surface area contributed by atoms with Crippen LogP contribution in [-0.4, -0.2) is 50.8 Å². The zero-order valence-electron chi connectivity index (χ0n) is 15.3. The summed E-state index contributed by atoms with van der Waals surface area (Å²) in [6.07, 6.45) is 7.10. The van der Waals surface area contributed by atoms with Gasteiger partial charge in [0.15, 0.2) is 0 Å². The van der Waals surface area contributed by atoms with Crippen LogP contribution in [0.25, 0.3) is 22.9 Å². The van der Waals surface area contributed by atoms with Gasteiger partial charge in [-0.1, -0.05) is 19.8 Å². The third-order valence-corrected chi connectivity index (χ3v) is 6.86. The first kappa shape index (κ1) is 27.1.